The molecule has 10 heteroatoms. The average Bonchev–Trinajstić information content (AvgIpc) is 3.55. The van der Waals surface area contributed by atoms with Gasteiger partial charge in [-0.2, -0.15) is 0 Å². The molecule has 0 radical (unpaired) electrons. The molecule has 1 aliphatic rings. The number of hydrogen-bond donors (Lipinski definition) is 1. The zero-order valence-electron chi connectivity index (χ0n) is 22.7. The van der Waals surface area contributed by atoms with Gasteiger partial charge in [-0.05, 0) is 42.0 Å². The molecular weight excluding hydrogens is 542 g/mol. The van der Waals surface area contributed by atoms with E-state index in [1.807, 2.05) is 53.8 Å². The highest BCUT2D eigenvalue weighted by molar-refractivity contribution is 7.99. The topological polar surface area (TPSA) is 90.5 Å². The number of anilines is 1. The second-order valence-electron chi connectivity index (χ2n) is 10.4. The molecule has 5 aromatic rings. The molecule has 0 saturated heterocycles. The van der Waals surface area contributed by atoms with E-state index in [1.165, 1.54) is 11.8 Å². The van der Waals surface area contributed by atoms with Gasteiger partial charge in [-0.1, -0.05) is 74.1 Å². The molecule has 0 bridgehead atoms. The van der Waals surface area contributed by atoms with Crippen LogP contribution in [-0.2, 0) is 35.5 Å². The van der Waals surface area contributed by atoms with Crippen molar-refractivity contribution < 1.29 is 9.53 Å². The second-order valence-corrected chi connectivity index (χ2v) is 12.5. The Balaban J connectivity index is 1.40. The Morgan fingerprint density at radius 2 is 1.93 bits per heavy atom. The maximum absolute atomic E-state index is 14.1. The third-order valence-electron chi connectivity index (χ3n) is 7.39. The van der Waals surface area contributed by atoms with Gasteiger partial charge in [0.05, 0.1) is 23.8 Å². The van der Waals surface area contributed by atoms with E-state index in [0.29, 0.717) is 42.8 Å². The molecule has 40 heavy (non-hydrogen) atoms. The third-order valence-corrected chi connectivity index (χ3v) is 9.51. The van der Waals surface area contributed by atoms with Gasteiger partial charge in [0.1, 0.15) is 4.83 Å². The summed E-state index contributed by atoms with van der Waals surface area (Å²) in [6.45, 7) is 7.24. The molecule has 1 amide bonds. The van der Waals surface area contributed by atoms with Gasteiger partial charge in [0.25, 0.3) is 5.56 Å². The number of hydrogen-bond acceptors (Lipinski definition) is 7. The zero-order chi connectivity index (χ0) is 27.8. The van der Waals surface area contributed by atoms with Crippen molar-refractivity contribution in [2.45, 2.75) is 58.0 Å². The Morgan fingerprint density at radius 1 is 1.15 bits per heavy atom. The van der Waals surface area contributed by atoms with Gasteiger partial charge in [-0.25, -0.2) is 4.40 Å². The Hall–Kier alpha value is -3.47. The van der Waals surface area contributed by atoms with E-state index in [2.05, 4.69) is 41.5 Å². The van der Waals surface area contributed by atoms with Crippen molar-refractivity contribution in [3.8, 4) is 0 Å². The number of para-hydroxylation sites is 1. The standard InChI is InChI=1S/C30H31N5O3S2/c1-18(2)23-15-21-24(16-38-23)40-28-26(21)27(37)34(14-13-20-10-5-4-6-11-20)29-32-33-30(35(28)29)39-17-25(36)31-22-12-8-7-9-19(22)3/h4-12,18,23H,13-17H2,1-3H3,(H,31,36)/t23-/m0/s1. The summed E-state index contributed by atoms with van der Waals surface area (Å²) < 4.78 is 9.84. The quantitative estimate of drug-likeness (QED) is 0.247. The smallest absolute Gasteiger partial charge is 0.263 e. The summed E-state index contributed by atoms with van der Waals surface area (Å²) >= 11 is 2.89. The van der Waals surface area contributed by atoms with Crippen LogP contribution in [0.1, 0.15) is 35.4 Å². The number of aromatic nitrogens is 4. The summed E-state index contributed by atoms with van der Waals surface area (Å²) in [5.41, 5.74) is 3.98. The van der Waals surface area contributed by atoms with Crippen LogP contribution < -0.4 is 10.9 Å². The minimum Gasteiger partial charge on any atom is -0.372 e. The van der Waals surface area contributed by atoms with Crippen LogP contribution in [0.25, 0.3) is 16.0 Å². The van der Waals surface area contributed by atoms with E-state index in [1.54, 1.807) is 15.9 Å². The molecule has 1 aliphatic heterocycles. The first kappa shape index (κ1) is 26.7. The lowest BCUT2D eigenvalue weighted by Gasteiger charge is -2.26. The largest absolute Gasteiger partial charge is 0.372 e. The SMILES string of the molecule is Cc1ccccc1NC(=O)CSc1nnc2n(CCc3ccccc3)c(=O)c3c4c(sc3n12)CO[C@H](C(C)C)C4. The lowest BCUT2D eigenvalue weighted by atomic mass is 9.96. The number of rotatable bonds is 8. The predicted molar refractivity (Wildman–Crippen MR) is 160 cm³/mol. The molecule has 0 aliphatic carbocycles. The van der Waals surface area contributed by atoms with E-state index in [0.717, 1.165) is 37.5 Å². The highest BCUT2D eigenvalue weighted by Crippen LogP contribution is 2.37. The van der Waals surface area contributed by atoms with Crippen LogP contribution in [0.5, 0.6) is 0 Å². The zero-order valence-corrected chi connectivity index (χ0v) is 24.3. The van der Waals surface area contributed by atoms with Crippen LogP contribution in [0.15, 0.2) is 64.5 Å². The Morgan fingerprint density at radius 3 is 2.70 bits per heavy atom. The number of aryl methyl sites for hydroxylation is 3. The second kappa shape index (κ2) is 11.2. The molecule has 0 unspecified atom stereocenters. The molecular formula is C30H31N5O3S2. The first-order valence-electron chi connectivity index (χ1n) is 13.5. The van der Waals surface area contributed by atoms with Gasteiger partial charge >= 0.3 is 0 Å². The van der Waals surface area contributed by atoms with Crippen molar-refractivity contribution in [3.05, 3.63) is 86.5 Å². The number of thioether (sulfide) groups is 1. The van der Waals surface area contributed by atoms with Gasteiger partial charge in [0.2, 0.25) is 11.7 Å². The molecule has 0 spiro atoms. The molecule has 6 rings (SSSR count). The summed E-state index contributed by atoms with van der Waals surface area (Å²) in [5.74, 6) is 0.891. The number of nitrogens with zero attached hydrogens (tertiary/aromatic N) is 4. The number of carbonyl (C=O) groups is 1. The van der Waals surface area contributed by atoms with Gasteiger partial charge in [-0.3, -0.25) is 14.2 Å². The monoisotopic (exact) mass is 573 g/mol. The number of benzene rings is 2. The van der Waals surface area contributed by atoms with Crippen molar-refractivity contribution in [2.75, 3.05) is 11.1 Å². The highest BCUT2D eigenvalue weighted by atomic mass is 32.2. The van der Waals surface area contributed by atoms with Crippen molar-refractivity contribution in [1.29, 1.82) is 0 Å². The van der Waals surface area contributed by atoms with Crippen LogP contribution in [0, 0.1) is 12.8 Å². The van der Waals surface area contributed by atoms with Crippen LogP contribution in [0.4, 0.5) is 5.69 Å². The van der Waals surface area contributed by atoms with Crippen LogP contribution >= 0.6 is 23.1 Å². The highest BCUT2D eigenvalue weighted by Gasteiger charge is 2.30. The molecule has 3 aromatic heterocycles. The number of fused-ring (bicyclic) bond motifs is 5. The van der Waals surface area contributed by atoms with Crippen molar-refractivity contribution in [2.24, 2.45) is 5.92 Å². The molecule has 4 heterocycles. The van der Waals surface area contributed by atoms with Crippen molar-refractivity contribution in [1.82, 2.24) is 19.2 Å². The minimum absolute atomic E-state index is 0.0402. The Labute approximate surface area is 240 Å². The summed E-state index contributed by atoms with van der Waals surface area (Å²) in [7, 11) is 0. The van der Waals surface area contributed by atoms with Crippen molar-refractivity contribution in [3.63, 3.8) is 0 Å². The van der Waals surface area contributed by atoms with Gasteiger partial charge in [-0.15, -0.1) is 21.5 Å². The number of carbonyl (C=O) groups excluding carboxylic acids is 1. The summed E-state index contributed by atoms with van der Waals surface area (Å²) in [6, 6.07) is 17.8. The van der Waals surface area contributed by atoms with Crippen LogP contribution in [0.3, 0.4) is 0 Å². The lowest BCUT2D eigenvalue weighted by molar-refractivity contribution is -0.113. The Bertz CT molecular complexity index is 1760. The van der Waals surface area contributed by atoms with Crippen LogP contribution in [-0.4, -0.2) is 36.9 Å². The third kappa shape index (κ3) is 5.07. The van der Waals surface area contributed by atoms with E-state index in [9.17, 15) is 9.59 Å². The number of ether oxygens (including phenoxy) is 1. The van der Waals surface area contributed by atoms with Crippen molar-refractivity contribution >= 4 is 50.7 Å². The fourth-order valence-electron chi connectivity index (χ4n) is 5.13. The molecule has 2 aromatic carbocycles. The molecule has 1 atom stereocenters. The molecule has 8 nitrogen and oxygen atoms in total. The molecule has 0 fully saturated rings. The number of thiophene rings is 1. The molecule has 1 N–H and O–H groups in total. The minimum atomic E-state index is -0.122. The van der Waals surface area contributed by atoms with Gasteiger partial charge in [0.15, 0.2) is 5.16 Å². The average molecular weight is 574 g/mol. The number of amides is 1. The van der Waals surface area contributed by atoms with E-state index in [-0.39, 0.29) is 23.3 Å². The molecule has 206 valence electrons. The van der Waals surface area contributed by atoms with Gasteiger partial charge < -0.3 is 10.1 Å². The lowest BCUT2D eigenvalue weighted by Crippen LogP contribution is -2.29. The first-order chi connectivity index (χ1) is 19.4. The van der Waals surface area contributed by atoms with Gasteiger partial charge in [0, 0.05) is 23.5 Å². The first-order valence-corrected chi connectivity index (χ1v) is 15.3. The number of nitrogens with one attached hydrogen (secondary N) is 1. The molecule has 0 saturated carbocycles. The fourth-order valence-corrected chi connectivity index (χ4v) is 7.16. The maximum atomic E-state index is 14.1. The van der Waals surface area contributed by atoms with E-state index < -0.39 is 0 Å². The Kier molecular flexibility index (Phi) is 7.48. The maximum Gasteiger partial charge on any atom is 0.263 e. The van der Waals surface area contributed by atoms with E-state index >= 15 is 0 Å². The fraction of sp³-hybridized carbons (Fsp3) is 0.333. The summed E-state index contributed by atoms with van der Waals surface area (Å²) in [5, 5.41) is 13.2. The normalized spacial score (nSPS) is 15.2. The summed E-state index contributed by atoms with van der Waals surface area (Å²) in [4.78, 5) is 28.8. The van der Waals surface area contributed by atoms with Crippen LogP contribution in [0.2, 0.25) is 0 Å². The predicted octanol–water partition coefficient (Wildman–Crippen LogP) is 5.48. The summed E-state index contributed by atoms with van der Waals surface area (Å²) in [6.07, 6.45) is 1.47. The van der Waals surface area contributed by atoms with E-state index in [4.69, 9.17) is 4.74 Å².